The zero-order chi connectivity index (χ0) is 15.2. The molecule has 1 aliphatic carbocycles. The summed E-state index contributed by atoms with van der Waals surface area (Å²) in [5, 5.41) is 2.98. The van der Waals surface area contributed by atoms with Gasteiger partial charge in [0, 0.05) is 6.54 Å². The van der Waals surface area contributed by atoms with Crippen LogP contribution in [0, 0.1) is 11.8 Å². The highest BCUT2D eigenvalue weighted by atomic mass is 16.5. The van der Waals surface area contributed by atoms with Crippen LogP contribution in [0.1, 0.15) is 49.4 Å². The minimum absolute atomic E-state index is 0.115. The lowest BCUT2D eigenvalue weighted by atomic mass is 9.81. The van der Waals surface area contributed by atoms with Gasteiger partial charge in [-0.3, -0.25) is 4.79 Å². The van der Waals surface area contributed by atoms with E-state index in [0.29, 0.717) is 23.5 Å². The number of para-hydroxylation sites is 1. The number of nitrogens with one attached hydrogen (secondary N) is 1. The summed E-state index contributed by atoms with van der Waals surface area (Å²) in [6.07, 6.45) is 6.28. The van der Waals surface area contributed by atoms with Crippen molar-refractivity contribution in [2.24, 2.45) is 11.8 Å². The largest absolute Gasteiger partial charge is 0.495 e. The predicted octanol–water partition coefficient (Wildman–Crippen LogP) is 3.22. The van der Waals surface area contributed by atoms with Crippen molar-refractivity contribution in [3.63, 3.8) is 0 Å². The van der Waals surface area contributed by atoms with E-state index in [1.54, 1.807) is 25.3 Å². The fourth-order valence-corrected chi connectivity index (χ4v) is 3.02. The third-order valence-electron chi connectivity index (χ3n) is 4.50. The molecule has 1 fully saturated rings. The SMILES string of the molecule is COc1cccc(C(=O)NCCC2CCC(C)CC2)c1N. The summed E-state index contributed by atoms with van der Waals surface area (Å²) in [5.41, 5.74) is 6.84. The van der Waals surface area contributed by atoms with Crippen molar-refractivity contribution in [2.75, 3.05) is 19.4 Å². The van der Waals surface area contributed by atoms with Gasteiger partial charge in [0.15, 0.2) is 0 Å². The van der Waals surface area contributed by atoms with E-state index >= 15 is 0 Å². The van der Waals surface area contributed by atoms with Crippen LogP contribution in [0.15, 0.2) is 18.2 Å². The van der Waals surface area contributed by atoms with Crippen molar-refractivity contribution in [1.29, 1.82) is 0 Å². The molecule has 4 nitrogen and oxygen atoms in total. The van der Waals surface area contributed by atoms with E-state index in [4.69, 9.17) is 10.5 Å². The van der Waals surface area contributed by atoms with E-state index < -0.39 is 0 Å². The number of carbonyl (C=O) groups is 1. The maximum Gasteiger partial charge on any atom is 0.253 e. The highest BCUT2D eigenvalue weighted by Crippen LogP contribution is 2.30. The van der Waals surface area contributed by atoms with E-state index in [2.05, 4.69) is 12.2 Å². The molecule has 0 saturated heterocycles. The molecule has 1 aromatic rings. The molecular formula is C17H26N2O2. The molecule has 0 unspecified atom stereocenters. The highest BCUT2D eigenvalue weighted by Gasteiger charge is 2.18. The molecule has 116 valence electrons. The lowest BCUT2D eigenvalue weighted by Gasteiger charge is -2.26. The molecule has 1 aliphatic rings. The van der Waals surface area contributed by atoms with E-state index in [-0.39, 0.29) is 5.91 Å². The van der Waals surface area contributed by atoms with Crippen LogP contribution < -0.4 is 15.8 Å². The number of carbonyl (C=O) groups excluding carboxylic acids is 1. The normalized spacial score (nSPS) is 21.8. The Balaban J connectivity index is 1.82. The zero-order valence-electron chi connectivity index (χ0n) is 13.0. The summed E-state index contributed by atoms with van der Waals surface area (Å²) in [7, 11) is 1.55. The minimum atomic E-state index is -0.115. The maximum absolute atomic E-state index is 12.2. The third-order valence-corrected chi connectivity index (χ3v) is 4.50. The van der Waals surface area contributed by atoms with Crippen LogP contribution in [-0.4, -0.2) is 19.6 Å². The fraction of sp³-hybridized carbons (Fsp3) is 0.588. The fourth-order valence-electron chi connectivity index (χ4n) is 3.02. The number of nitrogens with two attached hydrogens (primary N) is 1. The number of hydrogen-bond acceptors (Lipinski definition) is 3. The van der Waals surface area contributed by atoms with Gasteiger partial charge in [-0.1, -0.05) is 38.7 Å². The summed E-state index contributed by atoms with van der Waals surface area (Å²) in [6.45, 7) is 3.04. The van der Waals surface area contributed by atoms with Gasteiger partial charge in [-0.25, -0.2) is 0 Å². The number of methoxy groups -OCH3 is 1. The first-order valence-electron chi connectivity index (χ1n) is 7.82. The molecule has 0 atom stereocenters. The molecule has 4 heteroatoms. The van der Waals surface area contributed by atoms with Crippen molar-refractivity contribution in [3.05, 3.63) is 23.8 Å². The molecule has 1 amide bonds. The Morgan fingerprint density at radius 1 is 1.33 bits per heavy atom. The van der Waals surface area contributed by atoms with Gasteiger partial charge in [0.2, 0.25) is 0 Å². The summed E-state index contributed by atoms with van der Waals surface area (Å²) in [6, 6.07) is 5.28. The van der Waals surface area contributed by atoms with Crippen molar-refractivity contribution < 1.29 is 9.53 Å². The maximum atomic E-state index is 12.2. The van der Waals surface area contributed by atoms with Crippen LogP contribution >= 0.6 is 0 Å². The topological polar surface area (TPSA) is 64.3 Å². The number of hydrogen-bond donors (Lipinski definition) is 2. The Labute approximate surface area is 127 Å². The second-order valence-corrected chi connectivity index (χ2v) is 6.09. The molecule has 0 spiro atoms. The predicted molar refractivity (Wildman–Crippen MR) is 85.5 cm³/mol. The summed E-state index contributed by atoms with van der Waals surface area (Å²) < 4.78 is 5.14. The molecule has 0 heterocycles. The first-order valence-corrected chi connectivity index (χ1v) is 7.82. The van der Waals surface area contributed by atoms with Gasteiger partial charge >= 0.3 is 0 Å². The Bertz CT molecular complexity index is 480. The van der Waals surface area contributed by atoms with Gasteiger partial charge in [0.05, 0.1) is 18.4 Å². The zero-order valence-corrected chi connectivity index (χ0v) is 13.0. The van der Waals surface area contributed by atoms with Crippen LogP contribution in [0.4, 0.5) is 5.69 Å². The van der Waals surface area contributed by atoms with Crippen molar-refractivity contribution >= 4 is 11.6 Å². The summed E-state index contributed by atoms with van der Waals surface area (Å²) in [5.74, 6) is 2.05. The number of benzene rings is 1. The van der Waals surface area contributed by atoms with Gasteiger partial charge in [0.1, 0.15) is 5.75 Å². The Morgan fingerprint density at radius 2 is 2.05 bits per heavy atom. The quantitative estimate of drug-likeness (QED) is 0.818. The van der Waals surface area contributed by atoms with Crippen molar-refractivity contribution in [2.45, 2.75) is 39.0 Å². The monoisotopic (exact) mass is 290 g/mol. The third kappa shape index (κ3) is 4.13. The van der Waals surface area contributed by atoms with E-state index in [9.17, 15) is 4.79 Å². The summed E-state index contributed by atoms with van der Waals surface area (Å²) in [4.78, 5) is 12.2. The Kier molecular flexibility index (Phi) is 5.48. The van der Waals surface area contributed by atoms with E-state index in [1.165, 1.54) is 25.7 Å². The van der Waals surface area contributed by atoms with Gasteiger partial charge in [-0.15, -0.1) is 0 Å². The van der Waals surface area contributed by atoms with Gasteiger partial charge in [0.25, 0.3) is 5.91 Å². The number of anilines is 1. The molecule has 0 radical (unpaired) electrons. The van der Waals surface area contributed by atoms with Crippen LogP contribution in [0.5, 0.6) is 5.75 Å². The lowest BCUT2D eigenvalue weighted by molar-refractivity contribution is 0.0950. The van der Waals surface area contributed by atoms with Gasteiger partial charge < -0.3 is 15.8 Å². The van der Waals surface area contributed by atoms with E-state index in [1.807, 2.05) is 0 Å². The van der Waals surface area contributed by atoms with Crippen LogP contribution in [0.3, 0.4) is 0 Å². The molecule has 3 N–H and O–H groups in total. The molecule has 0 aliphatic heterocycles. The summed E-state index contributed by atoms with van der Waals surface area (Å²) >= 11 is 0. The Morgan fingerprint density at radius 3 is 2.71 bits per heavy atom. The van der Waals surface area contributed by atoms with Crippen LogP contribution in [0.25, 0.3) is 0 Å². The number of amides is 1. The molecule has 1 saturated carbocycles. The standard InChI is InChI=1S/C17H26N2O2/c1-12-6-8-13(9-7-12)10-11-19-17(20)14-4-3-5-15(21-2)16(14)18/h3-5,12-13H,6-11,18H2,1-2H3,(H,19,20). The first-order chi connectivity index (χ1) is 10.1. The minimum Gasteiger partial charge on any atom is -0.495 e. The van der Waals surface area contributed by atoms with Crippen molar-refractivity contribution in [1.82, 2.24) is 5.32 Å². The van der Waals surface area contributed by atoms with Crippen LogP contribution in [0.2, 0.25) is 0 Å². The van der Waals surface area contributed by atoms with E-state index in [0.717, 1.165) is 18.3 Å². The van der Waals surface area contributed by atoms with Crippen molar-refractivity contribution in [3.8, 4) is 5.75 Å². The second-order valence-electron chi connectivity index (χ2n) is 6.09. The molecule has 1 aromatic carbocycles. The lowest BCUT2D eigenvalue weighted by Crippen LogP contribution is -2.27. The highest BCUT2D eigenvalue weighted by molar-refractivity contribution is 6.00. The number of rotatable bonds is 5. The Hall–Kier alpha value is -1.71. The average molecular weight is 290 g/mol. The van der Waals surface area contributed by atoms with Crippen LogP contribution in [-0.2, 0) is 0 Å². The molecular weight excluding hydrogens is 264 g/mol. The number of nitrogen functional groups attached to an aromatic ring is 1. The first kappa shape index (κ1) is 15.7. The average Bonchev–Trinajstić information content (AvgIpc) is 2.49. The smallest absolute Gasteiger partial charge is 0.253 e. The molecule has 2 rings (SSSR count). The molecule has 0 aromatic heterocycles. The molecule has 0 bridgehead atoms. The van der Waals surface area contributed by atoms with Gasteiger partial charge in [-0.2, -0.15) is 0 Å². The molecule has 21 heavy (non-hydrogen) atoms. The number of ether oxygens (including phenoxy) is 1. The van der Waals surface area contributed by atoms with Gasteiger partial charge in [-0.05, 0) is 30.4 Å². The second kappa shape index (κ2) is 7.34.